The summed E-state index contributed by atoms with van der Waals surface area (Å²) in [6.45, 7) is 5.95. The molecular formula is C15H17ClNOY-. The van der Waals surface area contributed by atoms with Crippen LogP contribution in [0.2, 0.25) is 5.02 Å². The Morgan fingerprint density at radius 2 is 1.63 bits per heavy atom. The molecule has 0 aliphatic heterocycles. The molecule has 0 saturated carbocycles. The standard InChI is InChI=1S/C13H11ClNO.C2H6.Y/c1-10-7-8-11(9-13(10)14)15-16-12-5-3-2-4-6-12;1-2;/h2-9H,1H3;1-2H3;/q-1;;. The summed E-state index contributed by atoms with van der Waals surface area (Å²) in [5.74, 6) is 0.708. The second-order valence-corrected chi connectivity index (χ2v) is 3.84. The molecule has 0 unspecified atom stereocenters. The van der Waals surface area contributed by atoms with Crippen molar-refractivity contribution in [2.45, 2.75) is 20.8 Å². The molecular weight excluding hydrogens is 335 g/mol. The third-order valence-electron chi connectivity index (χ3n) is 2.16. The Labute approximate surface area is 145 Å². The van der Waals surface area contributed by atoms with Crippen LogP contribution in [-0.4, -0.2) is 0 Å². The summed E-state index contributed by atoms with van der Waals surface area (Å²) >= 11 is 5.98. The van der Waals surface area contributed by atoms with Gasteiger partial charge in [-0.25, -0.2) is 0 Å². The molecule has 0 fully saturated rings. The molecule has 0 atom stereocenters. The summed E-state index contributed by atoms with van der Waals surface area (Å²) in [5, 5.41) is 0.693. The van der Waals surface area contributed by atoms with E-state index in [0.717, 1.165) is 5.56 Å². The molecule has 0 bridgehead atoms. The Morgan fingerprint density at radius 3 is 2.21 bits per heavy atom. The fourth-order valence-electron chi connectivity index (χ4n) is 1.23. The van der Waals surface area contributed by atoms with Crippen molar-refractivity contribution in [2.75, 3.05) is 0 Å². The van der Waals surface area contributed by atoms with Crippen LogP contribution in [0.5, 0.6) is 5.75 Å². The van der Waals surface area contributed by atoms with E-state index in [1.165, 1.54) is 0 Å². The quantitative estimate of drug-likeness (QED) is 0.653. The minimum atomic E-state index is 0. The zero-order valence-electron chi connectivity index (χ0n) is 11.4. The van der Waals surface area contributed by atoms with Gasteiger partial charge in [0.2, 0.25) is 0 Å². The molecule has 0 spiro atoms. The van der Waals surface area contributed by atoms with Gasteiger partial charge in [-0.2, -0.15) is 0 Å². The Kier molecular flexibility index (Phi) is 9.94. The monoisotopic (exact) mass is 351 g/mol. The molecule has 0 heterocycles. The van der Waals surface area contributed by atoms with Crippen molar-refractivity contribution in [1.82, 2.24) is 0 Å². The molecule has 1 radical (unpaired) electrons. The molecule has 2 rings (SSSR count). The Bertz CT molecular complexity index is 477. The molecule has 0 aliphatic rings. The molecule has 0 aromatic heterocycles. The molecule has 0 amide bonds. The maximum Gasteiger partial charge on any atom is 0.106 e. The summed E-state index contributed by atoms with van der Waals surface area (Å²) in [5.41, 5.74) is 5.73. The first-order valence-corrected chi connectivity index (χ1v) is 6.33. The molecule has 0 N–H and O–H groups in total. The van der Waals surface area contributed by atoms with E-state index < -0.39 is 0 Å². The molecule has 4 heteroatoms. The number of halogens is 1. The normalized spacial score (nSPS) is 8.63. The van der Waals surface area contributed by atoms with Gasteiger partial charge in [0.05, 0.1) is 0 Å². The average molecular weight is 352 g/mol. The van der Waals surface area contributed by atoms with E-state index in [1.807, 2.05) is 63.2 Å². The van der Waals surface area contributed by atoms with Gasteiger partial charge in [-0.1, -0.05) is 61.8 Å². The van der Waals surface area contributed by atoms with Gasteiger partial charge in [0.15, 0.2) is 0 Å². The first-order chi connectivity index (χ1) is 8.75. The van der Waals surface area contributed by atoms with Crippen molar-refractivity contribution < 1.29 is 37.5 Å². The van der Waals surface area contributed by atoms with Crippen molar-refractivity contribution in [3.05, 3.63) is 64.6 Å². The van der Waals surface area contributed by atoms with Crippen molar-refractivity contribution in [1.29, 1.82) is 0 Å². The summed E-state index contributed by atoms with van der Waals surface area (Å²) < 4.78 is 0. The van der Waals surface area contributed by atoms with Gasteiger partial charge in [-0.05, 0) is 24.6 Å². The smallest absolute Gasteiger partial charge is 0.106 e. The summed E-state index contributed by atoms with van der Waals surface area (Å²) in [6.07, 6.45) is 0. The number of rotatable bonds is 3. The number of para-hydroxylation sites is 1. The van der Waals surface area contributed by atoms with Gasteiger partial charge in [0, 0.05) is 37.7 Å². The van der Waals surface area contributed by atoms with Crippen molar-refractivity contribution in [3.63, 3.8) is 0 Å². The van der Waals surface area contributed by atoms with Crippen LogP contribution < -0.4 is 4.84 Å². The van der Waals surface area contributed by atoms with Gasteiger partial charge in [0.25, 0.3) is 0 Å². The van der Waals surface area contributed by atoms with Gasteiger partial charge in [-0.15, -0.1) is 5.69 Å². The fraction of sp³-hybridized carbons (Fsp3) is 0.200. The molecule has 0 aliphatic carbocycles. The SMILES string of the molecule is CC.Cc1ccc([N-]Oc2ccccc2)cc1Cl.[Y]. The van der Waals surface area contributed by atoms with E-state index in [-0.39, 0.29) is 32.7 Å². The van der Waals surface area contributed by atoms with Crippen molar-refractivity contribution >= 4 is 17.3 Å². The predicted octanol–water partition coefficient (Wildman–Crippen LogP) is 5.67. The second-order valence-electron chi connectivity index (χ2n) is 3.43. The second kappa shape index (κ2) is 10.2. The van der Waals surface area contributed by atoms with Crippen LogP contribution in [0.1, 0.15) is 19.4 Å². The Morgan fingerprint density at radius 1 is 1.00 bits per heavy atom. The van der Waals surface area contributed by atoms with E-state index in [4.69, 9.17) is 16.4 Å². The minimum Gasteiger partial charge on any atom is -0.557 e. The van der Waals surface area contributed by atoms with E-state index in [1.54, 1.807) is 6.07 Å². The van der Waals surface area contributed by atoms with Gasteiger partial charge < -0.3 is 10.3 Å². The van der Waals surface area contributed by atoms with Crippen molar-refractivity contribution in [2.24, 2.45) is 0 Å². The maximum atomic E-state index is 5.98. The number of nitrogens with zero attached hydrogens (tertiary/aromatic N) is 1. The third kappa shape index (κ3) is 6.42. The first-order valence-electron chi connectivity index (χ1n) is 5.95. The van der Waals surface area contributed by atoms with Crippen LogP contribution in [0.4, 0.5) is 5.69 Å². The third-order valence-corrected chi connectivity index (χ3v) is 2.56. The van der Waals surface area contributed by atoms with Gasteiger partial charge in [0.1, 0.15) is 5.75 Å². The van der Waals surface area contributed by atoms with Crippen LogP contribution in [0.3, 0.4) is 0 Å². The molecule has 2 aromatic rings. The van der Waals surface area contributed by atoms with E-state index in [2.05, 4.69) is 5.48 Å². The zero-order chi connectivity index (χ0) is 13.4. The van der Waals surface area contributed by atoms with Crippen LogP contribution >= 0.6 is 11.6 Å². The Hall–Kier alpha value is -0.566. The van der Waals surface area contributed by atoms with Crippen LogP contribution in [0, 0.1) is 6.92 Å². The van der Waals surface area contributed by atoms with E-state index in [0.29, 0.717) is 16.5 Å². The average Bonchev–Trinajstić information content (AvgIpc) is 2.44. The first kappa shape index (κ1) is 18.4. The Balaban J connectivity index is 0.00000103. The number of aryl methyl sites for hydroxylation is 1. The topological polar surface area (TPSA) is 23.3 Å². The zero-order valence-corrected chi connectivity index (χ0v) is 15.0. The molecule has 99 valence electrons. The fourth-order valence-corrected chi connectivity index (χ4v) is 1.40. The summed E-state index contributed by atoms with van der Waals surface area (Å²) in [6, 6.07) is 15.0. The van der Waals surface area contributed by atoms with Crippen LogP contribution in [0.15, 0.2) is 48.5 Å². The molecule has 0 saturated heterocycles. The number of benzene rings is 2. The minimum absolute atomic E-state index is 0. The van der Waals surface area contributed by atoms with E-state index >= 15 is 0 Å². The number of hydrogen-bond donors (Lipinski definition) is 0. The molecule has 19 heavy (non-hydrogen) atoms. The van der Waals surface area contributed by atoms with Crippen molar-refractivity contribution in [3.8, 4) is 5.75 Å². The van der Waals surface area contributed by atoms with Crippen LogP contribution in [0.25, 0.3) is 5.48 Å². The largest absolute Gasteiger partial charge is 0.557 e. The van der Waals surface area contributed by atoms with Gasteiger partial charge >= 0.3 is 0 Å². The predicted molar refractivity (Wildman–Crippen MR) is 77.6 cm³/mol. The molecule has 2 aromatic carbocycles. The van der Waals surface area contributed by atoms with Crippen LogP contribution in [-0.2, 0) is 32.7 Å². The maximum absolute atomic E-state index is 5.98. The van der Waals surface area contributed by atoms with E-state index in [9.17, 15) is 0 Å². The molecule has 2 nitrogen and oxygen atoms in total. The number of hydrogen-bond acceptors (Lipinski definition) is 1. The summed E-state index contributed by atoms with van der Waals surface area (Å²) in [4.78, 5) is 5.25. The van der Waals surface area contributed by atoms with Gasteiger partial charge in [-0.3, -0.25) is 0 Å². The summed E-state index contributed by atoms with van der Waals surface area (Å²) in [7, 11) is 0.